The van der Waals surface area contributed by atoms with Crippen LogP contribution in [0.2, 0.25) is 0 Å². The maximum atomic E-state index is 12.7. The highest BCUT2D eigenvalue weighted by atomic mass is 32.1. The van der Waals surface area contributed by atoms with Crippen molar-refractivity contribution in [2.24, 2.45) is 0 Å². The molecule has 31 heavy (non-hydrogen) atoms. The van der Waals surface area contributed by atoms with Gasteiger partial charge in [0.1, 0.15) is 5.82 Å². The molecule has 2 aromatic heterocycles. The van der Waals surface area contributed by atoms with Gasteiger partial charge in [-0.05, 0) is 24.6 Å². The number of thiazole rings is 1. The average molecular weight is 435 g/mol. The number of anilines is 1. The smallest absolute Gasteiger partial charge is 0.226 e. The van der Waals surface area contributed by atoms with E-state index in [0.717, 1.165) is 32.9 Å². The molecule has 0 saturated carbocycles. The first-order valence-corrected chi connectivity index (χ1v) is 11.0. The van der Waals surface area contributed by atoms with Crippen molar-refractivity contribution in [3.63, 3.8) is 0 Å². The Labute approximate surface area is 183 Å². The molecule has 5 rings (SSSR count). The molecule has 0 saturated heterocycles. The number of ether oxygens (including phenoxy) is 2. The minimum atomic E-state index is -0.186. The number of amides is 1. The first-order chi connectivity index (χ1) is 15.2. The van der Waals surface area contributed by atoms with Crippen LogP contribution in [0.15, 0.2) is 48.7 Å². The normalized spacial score (nSPS) is 15.5. The third kappa shape index (κ3) is 3.42. The van der Waals surface area contributed by atoms with E-state index >= 15 is 0 Å². The largest absolute Gasteiger partial charge is 0.493 e. The summed E-state index contributed by atoms with van der Waals surface area (Å²) in [6.07, 6.45) is 3.01. The van der Waals surface area contributed by atoms with E-state index in [1.807, 2.05) is 48.7 Å². The summed E-state index contributed by atoms with van der Waals surface area (Å²) in [7, 11) is 1.63. The zero-order valence-corrected chi connectivity index (χ0v) is 18.1. The van der Waals surface area contributed by atoms with Crippen LogP contribution in [0.4, 0.5) is 5.82 Å². The number of rotatable bonds is 6. The van der Waals surface area contributed by atoms with Crippen molar-refractivity contribution in [3.05, 3.63) is 59.8 Å². The van der Waals surface area contributed by atoms with E-state index in [0.29, 0.717) is 30.3 Å². The Morgan fingerprint density at radius 1 is 1.19 bits per heavy atom. The zero-order chi connectivity index (χ0) is 21.4. The van der Waals surface area contributed by atoms with Crippen molar-refractivity contribution < 1.29 is 14.3 Å². The van der Waals surface area contributed by atoms with Crippen LogP contribution in [0.5, 0.6) is 11.5 Å². The van der Waals surface area contributed by atoms with E-state index in [1.54, 1.807) is 11.8 Å². The molecule has 1 aliphatic heterocycles. The van der Waals surface area contributed by atoms with Crippen LogP contribution in [0.25, 0.3) is 15.3 Å². The molecule has 1 aliphatic rings. The van der Waals surface area contributed by atoms with Gasteiger partial charge in [0, 0.05) is 23.5 Å². The van der Waals surface area contributed by atoms with Gasteiger partial charge < -0.3 is 14.8 Å². The van der Waals surface area contributed by atoms with Crippen LogP contribution in [0.1, 0.15) is 36.8 Å². The zero-order valence-electron chi connectivity index (χ0n) is 17.3. The van der Waals surface area contributed by atoms with Crippen molar-refractivity contribution in [3.8, 4) is 16.6 Å². The van der Waals surface area contributed by atoms with E-state index in [2.05, 4.69) is 17.3 Å². The summed E-state index contributed by atoms with van der Waals surface area (Å²) in [6.45, 7) is 2.63. The molecule has 7 nitrogen and oxygen atoms in total. The van der Waals surface area contributed by atoms with E-state index in [1.165, 1.54) is 11.3 Å². The number of nitrogens with one attached hydrogen (secondary N) is 1. The molecular weight excluding hydrogens is 412 g/mol. The van der Waals surface area contributed by atoms with Crippen molar-refractivity contribution in [2.45, 2.75) is 25.7 Å². The predicted octanol–water partition coefficient (Wildman–Crippen LogP) is 4.75. The second kappa shape index (κ2) is 8.03. The molecule has 1 atom stereocenters. The number of benzene rings is 2. The lowest BCUT2D eigenvalue weighted by Gasteiger charge is -2.25. The Morgan fingerprint density at radius 2 is 2.06 bits per heavy atom. The minimum absolute atomic E-state index is 0.0652. The van der Waals surface area contributed by atoms with E-state index in [9.17, 15) is 4.79 Å². The molecule has 1 N–H and O–H groups in total. The minimum Gasteiger partial charge on any atom is -0.493 e. The SMILES string of the molecule is CCCOc1c(OC)cccc1[C@H]1CC(=O)Nc2c1cnn2-c1nc2ccccc2s1. The third-order valence-electron chi connectivity index (χ3n) is 5.34. The van der Waals surface area contributed by atoms with Crippen LogP contribution >= 0.6 is 11.3 Å². The number of hydrogen-bond donors (Lipinski definition) is 1. The van der Waals surface area contributed by atoms with Gasteiger partial charge in [0.2, 0.25) is 11.0 Å². The molecule has 0 aliphatic carbocycles. The molecule has 158 valence electrons. The molecule has 3 heterocycles. The number of carbonyl (C=O) groups excluding carboxylic acids is 1. The summed E-state index contributed by atoms with van der Waals surface area (Å²) in [5.74, 6) is 1.75. The number of hydrogen-bond acceptors (Lipinski definition) is 6. The topological polar surface area (TPSA) is 78.3 Å². The first-order valence-electron chi connectivity index (χ1n) is 10.2. The van der Waals surface area contributed by atoms with E-state index in [-0.39, 0.29) is 11.8 Å². The highest BCUT2D eigenvalue weighted by molar-refractivity contribution is 7.20. The number of nitrogens with zero attached hydrogens (tertiary/aromatic N) is 3. The summed E-state index contributed by atoms with van der Waals surface area (Å²) in [5.41, 5.74) is 2.77. The lowest BCUT2D eigenvalue weighted by Crippen LogP contribution is -2.25. The molecule has 0 radical (unpaired) electrons. The van der Waals surface area contributed by atoms with Crippen molar-refractivity contribution >= 4 is 33.3 Å². The van der Waals surface area contributed by atoms with Gasteiger partial charge in [0.15, 0.2) is 11.5 Å². The molecular formula is C23H22N4O3S. The molecule has 0 unspecified atom stereocenters. The Morgan fingerprint density at radius 3 is 2.87 bits per heavy atom. The summed E-state index contributed by atoms with van der Waals surface area (Å²) in [5, 5.41) is 8.30. The fourth-order valence-electron chi connectivity index (χ4n) is 3.92. The van der Waals surface area contributed by atoms with Gasteiger partial charge in [-0.3, -0.25) is 4.79 Å². The molecule has 0 bridgehead atoms. The standard InChI is InChI=1S/C23H22N4O3S/c1-3-11-30-21-14(7-6-9-18(21)29-2)15-12-20(28)26-22-16(15)13-24-27(22)23-25-17-8-4-5-10-19(17)31-23/h4-10,13,15H,3,11-12H2,1-2H3,(H,26,28)/t15-/m1/s1. The lowest BCUT2D eigenvalue weighted by atomic mass is 9.86. The van der Waals surface area contributed by atoms with Crippen molar-refractivity contribution in [2.75, 3.05) is 19.0 Å². The maximum absolute atomic E-state index is 12.7. The molecule has 4 aromatic rings. The molecule has 0 fully saturated rings. The van der Waals surface area contributed by atoms with Gasteiger partial charge in [-0.25, -0.2) is 4.98 Å². The number of carbonyl (C=O) groups is 1. The fraction of sp³-hybridized carbons (Fsp3) is 0.261. The quantitative estimate of drug-likeness (QED) is 0.474. The Balaban J connectivity index is 1.61. The third-order valence-corrected chi connectivity index (χ3v) is 6.35. The summed E-state index contributed by atoms with van der Waals surface area (Å²) >= 11 is 1.54. The highest BCUT2D eigenvalue weighted by Crippen LogP contribution is 2.44. The van der Waals surface area contributed by atoms with E-state index < -0.39 is 0 Å². The summed E-state index contributed by atoms with van der Waals surface area (Å²) < 4.78 is 14.4. The fourth-order valence-corrected chi connectivity index (χ4v) is 4.85. The van der Waals surface area contributed by atoms with Crippen LogP contribution in [0, 0.1) is 0 Å². The number of fused-ring (bicyclic) bond motifs is 2. The van der Waals surface area contributed by atoms with E-state index in [4.69, 9.17) is 14.5 Å². The molecule has 2 aromatic carbocycles. The van der Waals surface area contributed by atoms with Gasteiger partial charge in [-0.1, -0.05) is 42.5 Å². The van der Waals surface area contributed by atoms with Crippen molar-refractivity contribution in [1.29, 1.82) is 0 Å². The monoisotopic (exact) mass is 434 g/mol. The Hall–Kier alpha value is -3.39. The maximum Gasteiger partial charge on any atom is 0.226 e. The average Bonchev–Trinajstić information content (AvgIpc) is 3.40. The Kier molecular flexibility index (Phi) is 5.07. The second-order valence-electron chi connectivity index (χ2n) is 7.36. The molecule has 1 amide bonds. The van der Waals surface area contributed by atoms with Crippen LogP contribution in [-0.2, 0) is 4.79 Å². The summed E-state index contributed by atoms with van der Waals surface area (Å²) in [6, 6.07) is 13.8. The van der Waals surface area contributed by atoms with Gasteiger partial charge >= 0.3 is 0 Å². The first kappa shape index (κ1) is 19.6. The number of aromatic nitrogens is 3. The van der Waals surface area contributed by atoms with Gasteiger partial charge in [0.05, 0.1) is 30.1 Å². The lowest BCUT2D eigenvalue weighted by molar-refractivity contribution is -0.116. The number of para-hydroxylation sites is 2. The van der Waals surface area contributed by atoms with Gasteiger partial charge in [0.25, 0.3) is 0 Å². The van der Waals surface area contributed by atoms with Crippen LogP contribution in [0.3, 0.4) is 0 Å². The Bertz CT molecular complexity index is 1230. The summed E-state index contributed by atoms with van der Waals surface area (Å²) in [4.78, 5) is 17.4. The second-order valence-corrected chi connectivity index (χ2v) is 8.37. The van der Waals surface area contributed by atoms with Gasteiger partial charge in [-0.2, -0.15) is 9.78 Å². The van der Waals surface area contributed by atoms with Crippen LogP contribution in [-0.4, -0.2) is 34.4 Å². The molecule has 8 heteroatoms. The molecule has 0 spiro atoms. The van der Waals surface area contributed by atoms with Crippen molar-refractivity contribution in [1.82, 2.24) is 14.8 Å². The predicted molar refractivity (Wildman–Crippen MR) is 121 cm³/mol. The van der Waals surface area contributed by atoms with Crippen LogP contribution < -0.4 is 14.8 Å². The van der Waals surface area contributed by atoms with Gasteiger partial charge in [-0.15, -0.1) is 0 Å². The highest BCUT2D eigenvalue weighted by Gasteiger charge is 2.33. The number of methoxy groups -OCH3 is 1.